The van der Waals surface area contributed by atoms with Gasteiger partial charge in [0.1, 0.15) is 5.69 Å². The lowest BCUT2D eigenvalue weighted by Crippen LogP contribution is -2.26. The lowest BCUT2D eigenvalue weighted by atomic mass is 10.2. The number of nitrogens with two attached hydrogens (primary N) is 2. The molecule has 5 N–H and O–H groups in total. The SMILES string of the molecule is NCc1ccnc(CNC(=O)[CH]Cn2c(C(N)=O)cc3ccccc32)c1. The van der Waals surface area contributed by atoms with Gasteiger partial charge in [0, 0.05) is 30.2 Å². The number of hydrogen-bond acceptors (Lipinski definition) is 4. The Morgan fingerprint density at radius 1 is 1.19 bits per heavy atom. The number of para-hydroxylation sites is 1. The Hall–Kier alpha value is -3.19. The number of aromatic nitrogens is 2. The number of hydrogen-bond donors (Lipinski definition) is 3. The van der Waals surface area contributed by atoms with Gasteiger partial charge in [0.15, 0.2) is 0 Å². The zero-order valence-corrected chi connectivity index (χ0v) is 14.2. The van der Waals surface area contributed by atoms with Crippen LogP contribution in [0.2, 0.25) is 0 Å². The molecule has 0 spiro atoms. The van der Waals surface area contributed by atoms with E-state index in [1.807, 2.05) is 36.4 Å². The van der Waals surface area contributed by atoms with Crippen molar-refractivity contribution in [3.05, 3.63) is 72.0 Å². The fourth-order valence-electron chi connectivity index (χ4n) is 2.79. The van der Waals surface area contributed by atoms with Crippen LogP contribution < -0.4 is 16.8 Å². The molecule has 1 radical (unpaired) electrons. The maximum absolute atomic E-state index is 12.1. The fraction of sp³-hybridized carbons (Fsp3) is 0.158. The summed E-state index contributed by atoms with van der Waals surface area (Å²) in [5, 5.41) is 3.68. The minimum absolute atomic E-state index is 0.244. The number of carbonyl (C=O) groups excluding carboxylic acids is 2. The number of fused-ring (bicyclic) bond motifs is 1. The van der Waals surface area contributed by atoms with Crippen LogP contribution in [0.5, 0.6) is 0 Å². The third kappa shape index (κ3) is 3.89. The molecule has 0 fully saturated rings. The van der Waals surface area contributed by atoms with Crippen molar-refractivity contribution in [1.82, 2.24) is 14.9 Å². The molecular weight excluding hydrogens is 330 g/mol. The molecule has 3 rings (SSSR count). The zero-order valence-electron chi connectivity index (χ0n) is 14.2. The van der Waals surface area contributed by atoms with Gasteiger partial charge in [-0.2, -0.15) is 0 Å². The number of nitrogens with zero attached hydrogens (tertiary/aromatic N) is 2. The summed E-state index contributed by atoms with van der Waals surface area (Å²) in [6.07, 6.45) is 3.14. The Morgan fingerprint density at radius 2 is 2.00 bits per heavy atom. The van der Waals surface area contributed by atoms with E-state index in [2.05, 4.69) is 10.3 Å². The van der Waals surface area contributed by atoms with Crippen molar-refractivity contribution in [3.63, 3.8) is 0 Å². The van der Waals surface area contributed by atoms with E-state index in [1.54, 1.807) is 16.8 Å². The molecule has 0 aliphatic rings. The second-order valence-electron chi connectivity index (χ2n) is 5.84. The average Bonchev–Trinajstić information content (AvgIpc) is 3.04. The van der Waals surface area contributed by atoms with Gasteiger partial charge in [0.05, 0.1) is 18.7 Å². The van der Waals surface area contributed by atoms with E-state index in [4.69, 9.17) is 11.5 Å². The highest BCUT2D eigenvalue weighted by molar-refractivity contribution is 5.98. The molecule has 0 unspecified atom stereocenters. The molecule has 0 aliphatic carbocycles. The number of carbonyl (C=O) groups is 2. The number of pyridine rings is 1. The minimum Gasteiger partial charge on any atom is -0.364 e. The molecular formula is C19H20N5O2. The molecule has 133 valence electrons. The molecule has 2 aromatic heterocycles. The largest absolute Gasteiger partial charge is 0.364 e. The molecule has 2 heterocycles. The highest BCUT2D eigenvalue weighted by Gasteiger charge is 2.14. The van der Waals surface area contributed by atoms with Crippen molar-refractivity contribution >= 4 is 22.7 Å². The van der Waals surface area contributed by atoms with E-state index in [0.717, 1.165) is 22.2 Å². The Bertz CT molecular complexity index is 948. The molecule has 1 aromatic carbocycles. The Kier molecular flexibility index (Phi) is 5.28. The van der Waals surface area contributed by atoms with E-state index >= 15 is 0 Å². The first-order chi connectivity index (χ1) is 12.6. The minimum atomic E-state index is -0.530. The first kappa shape index (κ1) is 17.6. The first-order valence-corrected chi connectivity index (χ1v) is 8.21. The van der Waals surface area contributed by atoms with Gasteiger partial charge in [-0.25, -0.2) is 0 Å². The summed E-state index contributed by atoms with van der Waals surface area (Å²) in [7, 11) is 0. The van der Waals surface area contributed by atoms with Crippen LogP contribution >= 0.6 is 0 Å². The molecule has 0 saturated carbocycles. The summed E-state index contributed by atoms with van der Waals surface area (Å²) in [5.74, 6) is -0.782. The predicted molar refractivity (Wildman–Crippen MR) is 98.7 cm³/mol. The molecule has 0 atom stereocenters. The van der Waals surface area contributed by atoms with Gasteiger partial charge in [-0.15, -0.1) is 0 Å². The summed E-state index contributed by atoms with van der Waals surface area (Å²) in [5.41, 5.74) is 14.0. The standard InChI is InChI=1S/C19H20N5O2/c20-11-13-5-7-22-15(9-13)12-23-18(25)6-8-24-16-4-2-1-3-14(16)10-17(24)19(21)26/h1-7,9-10H,8,11-12,20H2,(H2,21,26)(H,23,25). The van der Waals surface area contributed by atoms with E-state index in [1.165, 1.54) is 6.42 Å². The van der Waals surface area contributed by atoms with Gasteiger partial charge in [0.2, 0.25) is 5.91 Å². The third-order valence-corrected chi connectivity index (χ3v) is 4.08. The smallest absolute Gasteiger partial charge is 0.265 e. The summed E-state index contributed by atoms with van der Waals surface area (Å²) in [6, 6.07) is 13.0. The summed E-state index contributed by atoms with van der Waals surface area (Å²) < 4.78 is 1.73. The van der Waals surface area contributed by atoms with Gasteiger partial charge >= 0.3 is 0 Å². The number of benzene rings is 1. The van der Waals surface area contributed by atoms with Crippen molar-refractivity contribution in [2.45, 2.75) is 19.6 Å². The number of rotatable bonds is 7. The molecule has 7 nitrogen and oxygen atoms in total. The summed E-state index contributed by atoms with van der Waals surface area (Å²) in [6.45, 7) is 0.971. The van der Waals surface area contributed by atoms with Gasteiger partial charge in [0.25, 0.3) is 5.91 Å². The molecule has 0 aliphatic heterocycles. The Morgan fingerprint density at radius 3 is 2.77 bits per heavy atom. The third-order valence-electron chi connectivity index (χ3n) is 4.08. The summed E-state index contributed by atoms with van der Waals surface area (Å²) in [4.78, 5) is 28.0. The van der Waals surface area contributed by atoms with Crippen LogP contribution in [-0.2, 0) is 24.4 Å². The van der Waals surface area contributed by atoms with Crippen LogP contribution in [-0.4, -0.2) is 21.4 Å². The van der Waals surface area contributed by atoms with E-state index in [0.29, 0.717) is 18.8 Å². The van der Waals surface area contributed by atoms with Crippen molar-refractivity contribution in [1.29, 1.82) is 0 Å². The molecule has 3 aromatic rings. The van der Waals surface area contributed by atoms with Gasteiger partial charge in [-0.1, -0.05) is 18.2 Å². The number of primary amides is 1. The van der Waals surface area contributed by atoms with Gasteiger partial charge < -0.3 is 21.4 Å². The first-order valence-electron chi connectivity index (χ1n) is 8.21. The monoisotopic (exact) mass is 350 g/mol. The molecule has 26 heavy (non-hydrogen) atoms. The van der Waals surface area contributed by atoms with Crippen molar-refractivity contribution in [2.24, 2.45) is 11.5 Å². The van der Waals surface area contributed by atoms with Crippen LogP contribution in [0.3, 0.4) is 0 Å². The van der Waals surface area contributed by atoms with Crippen molar-refractivity contribution in [2.75, 3.05) is 0 Å². The lowest BCUT2D eigenvalue weighted by Gasteiger charge is -2.09. The molecule has 2 amide bonds. The predicted octanol–water partition coefficient (Wildman–Crippen LogP) is 1.11. The molecule has 0 bridgehead atoms. The maximum Gasteiger partial charge on any atom is 0.265 e. The van der Waals surface area contributed by atoms with Crippen LogP contribution in [0, 0.1) is 6.42 Å². The Labute approximate surface area is 151 Å². The van der Waals surface area contributed by atoms with Gasteiger partial charge in [-0.05, 0) is 29.8 Å². The van der Waals surface area contributed by atoms with E-state index in [-0.39, 0.29) is 12.5 Å². The molecule has 0 saturated heterocycles. The highest BCUT2D eigenvalue weighted by Crippen LogP contribution is 2.19. The maximum atomic E-state index is 12.1. The quantitative estimate of drug-likeness (QED) is 0.592. The van der Waals surface area contributed by atoms with Crippen LogP contribution in [0.1, 0.15) is 21.7 Å². The second-order valence-corrected chi connectivity index (χ2v) is 5.84. The average molecular weight is 350 g/mol. The van der Waals surface area contributed by atoms with Crippen molar-refractivity contribution < 1.29 is 9.59 Å². The van der Waals surface area contributed by atoms with Crippen molar-refractivity contribution in [3.8, 4) is 0 Å². The summed E-state index contributed by atoms with van der Waals surface area (Å²) >= 11 is 0. The van der Waals surface area contributed by atoms with Crippen LogP contribution in [0.4, 0.5) is 0 Å². The Balaban J connectivity index is 1.65. The normalized spacial score (nSPS) is 10.8. The number of nitrogens with one attached hydrogen (secondary N) is 1. The topological polar surface area (TPSA) is 116 Å². The molecule has 7 heteroatoms. The fourth-order valence-corrected chi connectivity index (χ4v) is 2.79. The van der Waals surface area contributed by atoms with Gasteiger partial charge in [-0.3, -0.25) is 14.6 Å². The lowest BCUT2D eigenvalue weighted by molar-refractivity contribution is -0.118. The zero-order chi connectivity index (χ0) is 18.5. The second kappa shape index (κ2) is 7.79. The highest BCUT2D eigenvalue weighted by atomic mass is 16.2. The van der Waals surface area contributed by atoms with E-state index < -0.39 is 5.91 Å². The van der Waals surface area contributed by atoms with E-state index in [9.17, 15) is 9.59 Å². The van der Waals surface area contributed by atoms with Crippen LogP contribution in [0.15, 0.2) is 48.7 Å². The number of amides is 2. The van der Waals surface area contributed by atoms with Crippen LogP contribution in [0.25, 0.3) is 10.9 Å².